The minimum absolute atomic E-state index is 0.0899. The number of esters is 2. The predicted octanol–water partition coefficient (Wildman–Crippen LogP) is 2.75. The second-order valence-electron chi connectivity index (χ2n) is 8.85. The molecule has 0 spiro atoms. The maximum atomic E-state index is 13.5. The molecule has 2 aliphatic heterocycles. The molecule has 2 heterocycles. The Morgan fingerprint density at radius 1 is 1.21 bits per heavy atom. The molecule has 8 nitrogen and oxygen atoms in total. The fourth-order valence-corrected chi connectivity index (χ4v) is 6.79. The van der Waals surface area contributed by atoms with Crippen LogP contribution in [0.3, 0.4) is 0 Å². The highest BCUT2D eigenvalue weighted by Gasteiger charge is 2.52. The molecule has 3 rings (SSSR count). The highest BCUT2D eigenvalue weighted by atomic mass is 35.5. The Kier molecular flexibility index (Phi) is 7.68. The Bertz CT molecular complexity index is 1090. The Labute approximate surface area is 204 Å². The van der Waals surface area contributed by atoms with E-state index >= 15 is 0 Å². The lowest BCUT2D eigenvalue weighted by Crippen LogP contribution is -2.57. The highest BCUT2D eigenvalue weighted by molar-refractivity contribution is 7.95. The molecule has 11 heteroatoms. The van der Waals surface area contributed by atoms with E-state index in [4.69, 9.17) is 32.7 Å². The van der Waals surface area contributed by atoms with E-state index in [9.17, 15) is 18.0 Å². The maximum Gasteiger partial charge on any atom is 0.312 e. The normalized spacial score (nSPS) is 24.3. The summed E-state index contributed by atoms with van der Waals surface area (Å²) in [5.41, 5.74) is 0.0975. The number of halogens is 2. The zero-order chi connectivity index (χ0) is 24.6. The van der Waals surface area contributed by atoms with E-state index in [0.29, 0.717) is 24.4 Å². The van der Waals surface area contributed by atoms with Crippen LogP contribution in [0.5, 0.6) is 0 Å². The van der Waals surface area contributed by atoms with Gasteiger partial charge >= 0.3 is 11.9 Å². The van der Waals surface area contributed by atoms with Gasteiger partial charge in [-0.3, -0.25) is 14.5 Å². The van der Waals surface area contributed by atoms with Crippen LogP contribution in [0.15, 0.2) is 28.8 Å². The maximum absolute atomic E-state index is 13.5. The summed E-state index contributed by atoms with van der Waals surface area (Å²) in [6, 6.07) is 4.97. The molecule has 2 atom stereocenters. The number of carbonyl (C=O) groups excluding carboxylic acids is 2. The number of sulfone groups is 1. The first-order chi connectivity index (χ1) is 15.3. The van der Waals surface area contributed by atoms with Gasteiger partial charge in [0.2, 0.25) is 0 Å². The van der Waals surface area contributed by atoms with Gasteiger partial charge in [-0.15, -0.1) is 0 Å². The minimum Gasteiger partial charge on any atom is -0.462 e. The van der Waals surface area contributed by atoms with Crippen LogP contribution < -0.4 is 5.32 Å². The van der Waals surface area contributed by atoms with Gasteiger partial charge in [0.25, 0.3) is 0 Å². The summed E-state index contributed by atoms with van der Waals surface area (Å²) >= 11 is 12.8. The quantitative estimate of drug-likeness (QED) is 0.468. The number of hydrogen-bond acceptors (Lipinski definition) is 8. The molecule has 0 saturated heterocycles. The summed E-state index contributed by atoms with van der Waals surface area (Å²) in [7, 11) is -1.89. The topological polar surface area (TPSA) is 102 Å². The van der Waals surface area contributed by atoms with Gasteiger partial charge in [0.1, 0.15) is 13.2 Å². The van der Waals surface area contributed by atoms with Crippen molar-refractivity contribution in [1.29, 1.82) is 0 Å². The number of ether oxygens (including phenoxy) is 2. The van der Waals surface area contributed by atoms with Crippen molar-refractivity contribution in [2.75, 3.05) is 39.1 Å². The second-order valence-corrected chi connectivity index (χ2v) is 11.7. The Morgan fingerprint density at radius 2 is 1.88 bits per heavy atom. The molecule has 0 amide bonds. The fourth-order valence-electron chi connectivity index (χ4n) is 4.45. The lowest BCUT2D eigenvalue weighted by Gasteiger charge is -2.45. The van der Waals surface area contributed by atoms with Crippen molar-refractivity contribution in [3.63, 3.8) is 0 Å². The highest BCUT2D eigenvalue weighted by Crippen LogP contribution is 2.49. The van der Waals surface area contributed by atoms with Gasteiger partial charge in [0.15, 0.2) is 9.84 Å². The van der Waals surface area contributed by atoms with E-state index in [1.165, 1.54) is 6.92 Å². The molecule has 1 aromatic rings. The first kappa shape index (κ1) is 25.8. The third-order valence-corrected chi connectivity index (χ3v) is 8.60. The van der Waals surface area contributed by atoms with Gasteiger partial charge < -0.3 is 14.8 Å². The Morgan fingerprint density at radius 3 is 2.55 bits per heavy atom. The summed E-state index contributed by atoms with van der Waals surface area (Å²) in [6.07, 6.45) is 0. The standard InChI is InChI=1S/C22H28Cl2N2O6S/c1-13(27)31-9-10-32-21(28)18-17(14-6-5-7-15(23)19(14)24)20-16(25-22(18,2)3)12-26(4)8-11-33(20,29)30/h5-7,17-18,25H,8-12H2,1-4H3. The average molecular weight is 519 g/mol. The van der Waals surface area contributed by atoms with Crippen LogP contribution in [0.4, 0.5) is 0 Å². The number of allylic oxidation sites excluding steroid dienone is 1. The Hall–Kier alpha value is -1.81. The van der Waals surface area contributed by atoms with E-state index in [-0.39, 0.29) is 33.9 Å². The van der Waals surface area contributed by atoms with Crippen molar-refractivity contribution in [1.82, 2.24) is 10.2 Å². The van der Waals surface area contributed by atoms with Crippen molar-refractivity contribution < 1.29 is 27.5 Å². The first-order valence-electron chi connectivity index (χ1n) is 10.5. The molecule has 0 aromatic heterocycles. The third-order valence-electron chi connectivity index (χ3n) is 5.87. The van der Waals surface area contributed by atoms with Gasteiger partial charge in [-0.2, -0.15) is 0 Å². The summed E-state index contributed by atoms with van der Waals surface area (Å²) in [5.74, 6) is -3.05. The average Bonchev–Trinajstić information content (AvgIpc) is 2.80. The van der Waals surface area contributed by atoms with Crippen molar-refractivity contribution in [3.05, 3.63) is 44.4 Å². The SMILES string of the molecule is CC(=O)OCCOC(=O)C1C(c2cccc(Cl)c2Cl)C2=C(CN(C)CCS2(=O)=O)NC1(C)C. The van der Waals surface area contributed by atoms with Crippen LogP contribution >= 0.6 is 23.2 Å². The lowest BCUT2D eigenvalue weighted by molar-refractivity contribution is -0.157. The number of carbonyl (C=O) groups is 2. The molecular formula is C22H28Cl2N2O6S. The first-order valence-corrected chi connectivity index (χ1v) is 12.9. The molecular weight excluding hydrogens is 491 g/mol. The van der Waals surface area contributed by atoms with E-state index in [0.717, 1.165) is 0 Å². The number of nitrogens with one attached hydrogen (secondary N) is 1. The molecule has 2 unspecified atom stereocenters. The summed E-state index contributed by atoms with van der Waals surface area (Å²) < 4.78 is 37.2. The third kappa shape index (κ3) is 5.48. The molecule has 0 aliphatic carbocycles. The minimum atomic E-state index is -3.74. The molecule has 1 N–H and O–H groups in total. The van der Waals surface area contributed by atoms with Gasteiger partial charge in [0.05, 0.1) is 26.6 Å². The van der Waals surface area contributed by atoms with Crippen LogP contribution in [0, 0.1) is 5.92 Å². The van der Waals surface area contributed by atoms with Crippen molar-refractivity contribution >= 4 is 45.0 Å². The van der Waals surface area contributed by atoms with Crippen LogP contribution in [0.2, 0.25) is 10.0 Å². The molecule has 182 valence electrons. The van der Waals surface area contributed by atoms with Crippen LogP contribution in [-0.4, -0.2) is 69.9 Å². The van der Waals surface area contributed by atoms with Crippen LogP contribution in [-0.2, 0) is 28.9 Å². The van der Waals surface area contributed by atoms with Gasteiger partial charge in [-0.05, 0) is 32.5 Å². The molecule has 0 saturated carbocycles. The van der Waals surface area contributed by atoms with E-state index in [1.807, 2.05) is 25.8 Å². The summed E-state index contributed by atoms with van der Waals surface area (Å²) in [5, 5.41) is 3.75. The molecule has 0 bridgehead atoms. The number of likely N-dealkylation sites (N-methyl/N-ethyl adjacent to an activating group) is 1. The van der Waals surface area contributed by atoms with Crippen LogP contribution in [0.1, 0.15) is 32.3 Å². The number of rotatable bonds is 5. The van der Waals surface area contributed by atoms with E-state index in [1.54, 1.807) is 18.2 Å². The molecule has 0 fully saturated rings. The van der Waals surface area contributed by atoms with Crippen LogP contribution in [0.25, 0.3) is 0 Å². The molecule has 33 heavy (non-hydrogen) atoms. The number of nitrogens with zero attached hydrogens (tertiary/aromatic N) is 1. The fraction of sp³-hybridized carbons (Fsp3) is 0.545. The monoisotopic (exact) mass is 518 g/mol. The van der Waals surface area contributed by atoms with Crippen molar-refractivity contribution in [3.8, 4) is 0 Å². The lowest BCUT2D eigenvalue weighted by atomic mass is 9.71. The van der Waals surface area contributed by atoms with Crippen molar-refractivity contribution in [2.45, 2.75) is 32.2 Å². The van der Waals surface area contributed by atoms with Crippen molar-refractivity contribution in [2.24, 2.45) is 5.92 Å². The molecule has 1 aromatic carbocycles. The number of benzene rings is 1. The Balaban J connectivity index is 2.15. The number of hydrogen-bond donors (Lipinski definition) is 1. The van der Waals surface area contributed by atoms with Gasteiger partial charge in [0, 0.05) is 37.2 Å². The van der Waals surface area contributed by atoms with Gasteiger partial charge in [-0.1, -0.05) is 35.3 Å². The zero-order valence-electron chi connectivity index (χ0n) is 19.0. The summed E-state index contributed by atoms with van der Waals surface area (Å²) in [4.78, 5) is 26.4. The van der Waals surface area contributed by atoms with E-state index in [2.05, 4.69) is 5.32 Å². The smallest absolute Gasteiger partial charge is 0.312 e. The molecule has 0 radical (unpaired) electrons. The van der Waals surface area contributed by atoms with Gasteiger partial charge in [-0.25, -0.2) is 8.42 Å². The zero-order valence-corrected chi connectivity index (χ0v) is 21.3. The molecule has 2 aliphatic rings. The second kappa shape index (κ2) is 9.82. The predicted molar refractivity (Wildman–Crippen MR) is 126 cm³/mol. The summed E-state index contributed by atoms with van der Waals surface area (Å²) in [6.45, 7) is 5.38. The largest absolute Gasteiger partial charge is 0.462 e. The van der Waals surface area contributed by atoms with E-state index < -0.39 is 39.2 Å².